The molecule has 1 N–H and O–H groups in total. The Morgan fingerprint density at radius 1 is 1.17 bits per heavy atom. The molecule has 102 valence electrons. The van der Waals surface area contributed by atoms with Gasteiger partial charge in [-0.2, -0.15) is 0 Å². The van der Waals surface area contributed by atoms with Crippen molar-refractivity contribution >= 4 is 0 Å². The fourth-order valence-corrected chi connectivity index (χ4v) is 2.01. The quantitative estimate of drug-likeness (QED) is 0.776. The van der Waals surface area contributed by atoms with E-state index in [1.807, 2.05) is 0 Å². The Morgan fingerprint density at radius 2 is 1.89 bits per heavy atom. The maximum absolute atomic E-state index is 5.27. The molecule has 0 amide bonds. The molecule has 2 nitrogen and oxygen atoms in total. The van der Waals surface area contributed by atoms with E-state index in [-0.39, 0.29) is 5.54 Å². The Bertz CT molecular complexity index is 366. The Kier molecular flexibility index (Phi) is 5.67. The lowest BCUT2D eigenvalue weighted by Crippen LogP contribution is -2.36. The Hall–Kier alpha value is -1.02. The van der Waals surface area contributed by atoms with E-state index < -0.39 is 0 Å². The lowest BCUT2D eigenvalue weighted by atomic mass is 10.0. The summed E-state index contributed by atoms with van der Waals surface area (Å²) in [5.41, 5.74) is 2.86. The summed E-state index contributed by atoms with van der Waals surface area (Å²) in [5.74, 6) is 0.980. The van der Waals surface area contributed by atoms with Gasteiger partial charge in [0.25, 0.3) is 0 Å². The second kappa shape index (κ2) is 6.79. The molecule has 1 aromatic carbocycles. The van der Waals surface area contributed by atoms with Crippen LogP contribution in [0.3, 0.4) is 0 Å². The van der Waals surface area contributed by atoms with Gasteiger partial charge in [0, 0.05) is 5.54 Å². The van der Waals surface area contributed by atoms with Gasteiger partial charge in [0.1, 0.15) is 5.75 Å². The van der Waals surface area contributed by atoms with Crippen molar-refractivity contribution in [3.63, 3.8) is 0 Å². The lowest BCUT2D eigenvalue weighted by Gasteiger charge is -2.20. The average Bonchev–Trinajstić information content (AvgIpc) is 2.27. The molecule has 0 atom stereocenters. The standard InChI is InChI=1S/C16H27NO/c1-13-12-14(9-10-15(13)18-5)8-6-7-11-17-16(2,3)4/h9-10,12,17H,6-8,11H2,1-5H3. The average molecular weight is 249 g/mol. The van der Waals surface area contributed by atoms with Crippen molar-refractivity contribution in [1.29, 1.82) is 0 Å². The van der Waals surface area contributed by atoms with E-state index in [1.165, 1.54) is 24.0 Å². The third-order valence-corrected chi connectivity index (χ3v) is 3.01. The zero-order valence-corrected chi connectivity index (χ0v) is 12.5. The lowest BCUT2D eigenvalue weighted by molar-refractivity contribution is 0.411. The molecule has 0 saturated carbocycles. The van der Waals surface area contributed by atoms with Gasteiger partial charge in [-0.15, -0.1) is 0 Å². The highest BCUT2D eigenvalue weighted by molar-refractivity contribution is 5.36. The fraction of sp³-hybridized carbons (Fsp3) is 0.625. The van der Waals surface area contributed by atoms with Crippen LogP contribution >= 0.6 is 0 Å². The molecule has 0 aliphatic rings. The van der Waals surface area contributed by atoms with Gasteiger partial charge in [-0.1, -0.05) is 12.1 Å². The molecule has 0 unspecified atom stereocenters. The van der Waals surface area contributed by atoms with Crippen molar-refractivity contribution in [2.45, 2.75) is 52.5 Å². The van der Waals surface area contributed by atoms with E-state index >= 15 is 0 Å². The molecule has 0 heterocycles. The van der Waals surface area contributed by atoms with Crippen molar-refractivity contribution in [2.75, 3.05) is 13.7 Å². The zero-order valence-electron chi connectivity index (χ0n) is 12.5. The number of hydrogen-bond donors (Lipinski definition) is 1. The summed E-state index contributed by atoms with van der Waals surface area (Å²) in [6.45, 7) is 9.82. The molecule has 0 aromatic heterocycles. The molecule has 0 bridgehead atoms. The molecule has 2 heteroatoms. The number of aryl methyl sites for hydroxylation is 2. The van der Waals surface area contributed by atoms with Gasteiger partial charge in [-0.25, -0.2) is 0 Å². The van der Waals surface area contributed by atoms with E-state index in [0.29, 0.717) is 0 Å². The minimum Gasteiger partial charge on any atom is -0.496 e. The summed E-state index contributed by atoms with van der Waals surface area (Å²) in [6, 6.07) is 6.47. The van der Waals surface area contributed by atoms with Crippen LogP contribution in [0.4, 0.5) is 0 Å². The van der Waals surface area contributed by atoms with Crippen LogP contribution in [-0.2, 0) is 6.42 Å². The molecule has 0 aliphatic carbocycles. The normalized spacial score (nSPS) is 11.6. The molecule has 0 fully saturated rings. The first kappa shape index (κ1) is 15.0. The van der Waals surface area contributed by atoms with E-state index in [9.17, 15) is 0 Å². The van der Waals surface area contributed by atoms with E-state index in [2.05, 4.69) is 51.2 Å². The van der Waals surface area contributed by atoms with Crippen molar-refractivity contribution in [3.05, 3.63) is 29.3 Å². The first-order chi connectivity index (χ1) is 8.42. The van der Waals surface area contributed by atoms with Crippen LogP contribution in [0, 0.1) is 6.92 Å². The van der Waals surface area contributed by atoms with Gasteiger partial charge < -0.3 is 10.1 Å². The minimum atomic E-state index is 0.233. The smallest absolute Gasteiger partial charge is 0.121 e. The Labute approximate surface area is 112 Å². The molecular weight excluding hydrogens is 222 g/mol. The number of hydrogen-bond acceptors (Lipinski definition) is 2. The molecule has 0 radical (unpaired) electrons. The first-order valence-corrected chi connectivity index (χ1v) is 6.81. The number of rotatable bonds is 6. The predicted molar refractivity (Wildman–Crippen MR) is 78.4 cm³/mol. The number of ether oxygens (including phenoxy) is 1. The second-order valence-electron chi connectivity index (χ2n) is 5.94. The topological polar surface area (TPSA) is 21.3 Å². The van der Waals surface area contributed by atoms with Gasteiger partial charge in [0.15, 0.2) is 0 Å². The predicted octanol–water partition coefficient (Wildman–Crippen LogP) is 3.71. The van der Waals surface area contributed by atoms with Gasteiger partial charge in [-0.05, 0) is 70.7 Å². The van der Waals surface area contributed by atoms with Crippen molar-refractivity contribution in [1.82, 2.24) is 5.32 Å². The maximum Gasteiger partial charge on any atom is 0.121 e. The Balaban J connectivity index is 2.29. The largest absolute Gasteiger partial charge is 0.496 e. The maximum atomic E-state index is 5.27. The van der Waals surface area contributed by atoms with Crippen LogP contribution in [-0.4, -0.2) is 19.2 Å². The Morgan fingerprint density at radius 3 is 2.44 bits per heavy atom. The molecule has 1 aromatic rings. The molecule has 0 spiro atoms. The van der Waals surface area contributed by atoms with E-state index in [4.69, 9.17) is 4.74 Å². The van der Waals surface area contributed by atoms with Crippen molar-refractivity contribution < 1.29 is 4.74 Å². The van der Waals surface area contributed by atoms with Gasteiger partial charge >= 0.3 is 0 Å². The third kappa shape index (κ3) is 5.54. The fourth-order valence-electron chi connectivity index (χ4n) is 2.01. The summed E-state index contributed by atoms with van der Waals surface area (Å²) in [4.78, 5) is 0. The number of nitrogens with one attached hydrogen (secondary N) is 1. The molecule has 1 rings (SSSR count). The summed E-state index contributed by atoms with van der Waals surface area (Å²) in [5, 5.41) is 3.52. The summed E-state index contributed by atoms with van der Waals surface area (Å²) < 4.78 is 5.27. The highest BCUT2D eigenvalue weighted by Crippen LogP contribution is 2.19. The van der Waals surface area contributed by atoms with E-state index in [1.54, 1.807) is 7.11 Å². The molecule has 0 aliphatic heterocycles. The first-order valence-electron chi connectivity index (χ1n) is 6.81. The van der Waals surface area contributed by atoms with Crippen LogP contribution in [0.5, 0.6) is 5.75 Å². The van der Waals surface area contributed by atoms with Crippen LogP contribution < -0.4 is 10.1 Å². The molecule has 0 saturated heterocycles. The van der Waals surface area contributed by atoms with Crippen molar-refractivity contribution in [2.24, 2.45) is 0 Å². The van der Waals surface area contributed by atoms with Gasteiger partial charge in [0.05, 0.1) is 7.11 Å². The minimum absolute atomic E-state index is 0.233. The highest BCUT2D eigenvalue weighted by Gasteiger charge is 2.07. The third-order valence-electron chi connectivity index (χ3n) is 3.01. The summed E-state index contributed by atoms with van der Waals surface area (Å²) in [7, 11) is 1.72. The van der Waals surface area contributed by atoms with Gasteiger partial charge in [0.2, 0.25) is 0 Å². The monoisotopic (exact) mass is 249 g/mol. The van der Waals surface area contributed by atoms with Gasteiger partial charge in [-0.3, -0.25) is 0 Å². The number of methoxy groups -OCH3 is 1. The molecular formula is C16H27NO. The summed E-state index contributed by atoms with van der Waals surface area (Å²) >= 11 is 0. The van der Waals surface area contributed by atoms with Crippen LogP contribution in [0.1, 0.15) is 44.7 Å². The van der Waals surface area contributed by atoms with Crippen LogP contribution in [0.25, 0.3) is 0 Å². The SMILES string of the molecule is COc1ccc(CCCCNC(C)(C)C)cc1C. The van der Waals surface area contributed by atoms with Crippen molar-refractivity contribution in [3.8, 4) is 5.75 Å². The number of unbranched alkanes of at least 4 members (excludes halogenated alkanes) is 1. The zero-order chi connectivity index (χ0) is 13.6. The van der Waals surface area contributed by atoms with Crippen LogP contribution in [0.15, 0.2) is 18.2 Å². The highest BCUT2D eigenvalue weighted by atomic mass is 16.5. The second-order valence-corrected chi connectivity index (χ2v) is 5.94. The van der Waals surface area contributed by atoms with E-state index in [0.717, 1.165) is 18.7 Å². The number of benzene rings is 1. The summed E-state index contributed by atoms with van der Waals surface area (Å²) in [6.07, 6.45) is 3.61. The van der Waals surface area contributed by atoms with Crippen LogP contribution in [0.2, 0.25) is 0 Å². The molecule has 18 heavy (non-hydrogen) atoms.